The van der Waals surface area contributed by atoms with Gasteiger partial charge in [0.1, 0.15) is 11.4 Å². The normalized spacial score (nSPS) is 23.2. The van der Waals surface area contributed by atoms with Crippen molar-refractivity contribution in [3.05, 3.63) is 58.7 Å². The molecule has 9 heteroatoms. The van der Waals surface area contributed by atoms with Crippen molar-refractivity contribution in [1.29, 1.82) is 0 Å². The van der Waals surface area contributed by atoms with Crippen LogP contribution in [0.1, 0.15) is 105 Å². The number of hydrogen-bond acceptors (Lipinski definition) is 5. The van der Waals surface area contributed by atoms with Gasteiger partial charge < -0.3 is 25.0 Å². The zero-order valence-electron chi connectivity index (χ0n) is 25.1. The second-order valence-corrected chi connectivity index (χ2v) is 13.0. The fraction of sp³-hybridized carbons (Fsp3) is 0.588. The summed E-state index contributed by atoms with van der Waals surface area (Å²) in [7, 11) is 1.67. The third-order valence-electron chi connectivity index (χ3n) is 10.2. The third kappa shape index (κ3) is 5.85. The topological polar surface area (TPSA) is 82.1 Å². The average Bonchev–Trinajstić information content (AvgIpc) is 3.79. The van der Waals surface area contributed by atoms with Crippen molar-refractivity contribution in [2.75, 3.05) is 38.6 Å². The molecule has 1 unspecified atom stereocenters. The van der Waals surface area contributed by atoms with E-state index in [0.29, 0.717) is 19.3 Å². The van der Waals surface area contributed by atoms with Crippen LogP contribution in [-0.2, 0) is 10.2 Å². The standard InChI is InChI=1S/C34H43F2N3O4/c1-43-23-9-12-27-26(21-23)33(13-7-5-3-2-4-6-8-14-33)22-28(37-27)24-10-11-25(30(36)29(24)35)31(40)38-17-19-39(20-18-38)32(41)34(42)15-16-34/h9-12,21,28,37,42H,2-8,13-20,22H2,1H3. The highest BCUT2D eigenvalue weighted by Gasteiger charge is 2.50. The van der Waals surface area contributed by atoms with Crippen LogP contribution in [0.15, 0.2) is 30.3 Å². The number of ether oxygens (including phenoxy) is 1. The summed E-state index contributed by atoms with van der Waals surface area (Å²) in [5.74, 6) is -2.22. The minimum absolute atomic E-state index is 0.181. The average molecular weight is 596 g/mol. The van der Waals surface area contributed by atoms with E-state index in [2.05, 4.69) is 11.4 Å². The number of aliphatic hydroxyl groups is 1. The number of benzene rings is 2. The van der Waals surface area contributed by atoms with Crippen LogP contribution < -0.4 is 10.1 Å². The van der Waals surface area contributed by atoms with Crippen molar-refractivity contribution in [2.45, 2.75) is 94.1 Å². The maximum atomic E-state index is 15.9. The summed E-state index contributed by atoms with van der Waals surface area (Å²) < 4.78 is 37.2. The molecule has 2 saturated carbocycles. The van der Waals surface area contributed by atoms with E-state index in [1.807, 2.05) is 12.1 Å². The van der Waals surface area contributed by atoms with Gasteiger partial charge in [0.2, 0.25) is 0 Å². The van der Waals surface area contributed by atoms with Crippen molar-refractivity contribution >= 4 is 17.5 Å². The number of amides is 2. The first-order chi connectivity index (χ1) is 20.7. The summed E-state index contributed by atoms with van der Waals surface area (Å²) in [6.45, 7) is 0.924. The molecule has 3 fully saturated rings. The Hall–Kier alpha value is -3.20. The van der Waals surface area contributed by atoms with Crippen LogP contribution in [0.3, 0.4) is 0 Å². The van der Waals surface area contributed by atoms with Crippen LogP contribution in [0.25, 0.3) is 0 Å². The smallest absolute Gasteiger partial charge is 0.257 e. The van der Waals surface area contributed by atoms with Crippen molar-refractivity contribution in [2.24, 2.45) is 0 Å². The number of fused-ring (bicyclic) bond motifs is 2. The Morgan fingerprint density at radius 3 is 2.12 bits per heavy atom. The summed E-state index contributed by atoms with van der Waals surface area (Å²) >= 11 is 0. The largest absolute Gasteiger partial charge is 0.497 e. The number of methoxy groups -OCH3 is 1. The lowest BCUT2D eigenvalue weighted by Gasteiger charge is -2.44. The molecule has 0 aromatic heterocycles. The Morgan fingerprint density at radius 1 is 0.860 bits per heavy atom. The lowest BCUT2D eigenvalue weighted by Crippen LogP contribution is -2.53. The van der Waals surface area contributed by atoms with Crippen LogP contribution in [0.2, 0.25) is 0 Å². The van der Waals surface area contributed by atoms with Gasteiger partial charge in [0.25, 0.3) is 11.8 Å². The van der Waals surface area contributed by atoms with Crippen LogP contribution in [0.5, 0.6) is 5.75 Å². The number of hydrogen-bond donors (Lipinski definition) is 2. The summed E-state index contributed by atoms with van der Waals surface area (Å²) in [5, 5.41) is 13.6. The van der Waals surface area contributed by atoms with Crippen LogP contribution in [-0.4, -0.2) is 65.6 Å². The summed E-state index contributed by atoms with van der Waals surface area (Å²) in [6, 6.07) is 8.53. The fourth-order valence-corrected chi connectivity index (χ4v) is 7.46. The van der Waals surface area contributed by atoms with Gasteiger partial charge in [-0.15, -0.1) is 0 Å². The Morgan fingerprint density at radius 2 is 1.49 bits per heavy atom. The molecule has 2 aliphatic carbocycles. The molecule has 1 atom stereocenters. The fourth-order valence-electron chi connectivity index (χ4n) is 7.46. The molecule has 2 N–H and O–H groups in total. The highest BCUT2D eigenvalue weighted by Crippen LogP contribution is 2.51. The van der Waals surface area contributed by atoms with E-state index in [-0.39, 0.29) is 48.6 Å². The zero-order valence-corrected chi connectivity index (χ0v) is 25.1. The highest BCUT2D eigenvalue weighted by molar-refractivity contribution is 5.95. The molecule has 43 heavy (non-hydrogen) atoms. The number of piperazine rings is 1. The van der Waals surface area contributed by atoms with E-state index in [1.54, 1.807) is 18.1 Å². The number of nitrogens with zero attached hydrogens (tertiary/aromatic N) is 2. The lowest BCUT2D eigenvalue weighted by atomic mass is 9.65. The number of carbonyl (C=O) groups excluding carboxylic acids is 2. The summed E-state index contributed by atoms with van der Waals surface area (Å²) in [5.41, 5.74) is 0.625. The molecule has 4 aliphatic rings. The van der Waals surface area contributed by atoms with Crippen molar-refractivity contribution < 1.29 is 28.2 Å². The molecule has 2 aromatic carbocycles. The van der Waals surface area contributed by atoms with Crippen LogP contribution >= 0.6 is 0 Å². The maximum absolute atomic E-state index is 15.9. The van der Waals surface area contributed by atoms with Gasteiger partial charge in [-0.25, -0.2) is 8.78 Å². The Bertz CT molecular complexity index is 1360. The van der Waals surface area contributed by atoms with Crippen molar-refractivity contribution in [1.82, 2.24) is 9.80 Å². The number of halogens is 2. The monoisotopic (exact) mass is 595 g/mol. The summed E-state index contributed by atoms with van der Waals surface area (Å²) in [4.78, 5) is 28.7. The van der Waals surface area contributed by atoms with Gasteiger partial charge in [0.05, 0.1) is 18.7 Å². The molecule has 2 aromatic rings. The van der Waals surface area contributed by atoms with Crippen molar-refractivity contribution in [3.63, 3.8) is 0 Å². The Labute approximate surface area is 252 Å². The predicted octanol–water partition coefficient (Wildman–Crippen LogP) is 6.10. The number of nitrogens with one attached hydrogen (secondary N) is 1. The first-order valence-corrected chi connectivity index (χ1v) is 16.0. The second-order valence-electron chi connectivity index (χ2n) is 13.0. The van der Waals surface area contributed by atoms with Gasteiger partial charge in [-0.3, -0.25) is 9.59 Å². The van der Waals surface area contributed by atoms with Gasteiger partial charge in [0.15, 0.2) is 11.6 Å². The molecule has 0 radical (unpaired) electrons. The van der Waals surface area contributed by atoms with Crippen LogP contribution in [0, 0.1) is 11.6 Å². The van der Waals surface area contributed by atoms with E-state index in [1.165, 1.54) is 48.6 Å². The quantitative estimate of drug-likeness (QED) is 0.446. The van der Waals surface area contributed by atoms with E-state index in [0.717, 1.165) is 37.1 Å². The molecule has 0 bridgehead atoms. The maximum Gasteiger partial charge on any atom is 0.257 e. The molecule has 7 nitrogen and oxygen atoms in total. The first kappa shape index (κ1) is 29.9. The van der Waals surface area contributed by atoms with Gasteiger partial charge in [-0.1, -0.05) is 51.0 Å². The van der Waals surface area contributed by atoms with E-state index < -0.39 is 29.2 Å². The van der Waals surface area contributed by atoms with Gasteiger partial charge in [-0.05, 0) is 67.3 Å². The minimum atomic E-state index is -1.26. The summed E-state index contributed by atoms with van der Waals surface area (Å²) in [6.07, 6.45) is 11.8. The first-order valence-electron chi connectivity index (χ1n) is 16.0. The molecule has 2 aliphatic heterocycles. The van der Waals surface area contributed by atoms with Crippen LogP contribution in [0.4, 0.5) is 14.5 Å². The van der Waals surface area contributed by atoms with E-state index >= 15 is 8.78 Å². The van der Waals surface area contributed by atoms with E-state index in [4.69, 9.17) is 4.74 Å². The Balaban J connectivity index is 1.24. The SMILES string of the molecule is COc1ccc2c(c1)C1(CCCCCCCCC1)CC(c1ccc(C(=O)N3CCN(C(=O)C4(O)CC4)CC3)c(F)c1F)N2. The number of anilines is 1. The second kappa shape index (κ2) is 12.1. The Kier molecular flexibility index (Phi) is 8.37. The molecular formula is C34H43F2N3O4. The minimum Gasteiger partial charge on any atom is -0.497 e. The van der Waals surface area contributed by atoms with Crippen molar-refractivity contribution in [3.8, 4) is 5.75 Å². The third-order valence-corrected chi connectivity index (χ3v) is 10.2. The predicted molar refractivity (Wildman–Crippen MR) is 160 cm³/mol. The molecule has 1 spiro atoms. The molecule has 1 saturated heterocycles. The van der Waals surface area contributed by atoms with Gasteiger partial charge in [0, 0.05) is 37.4 Å². The zero-order chi connectivity index (χ0) is 30.2. The molecule has 2 amide bonds. The van der Waals surface area contributed by atoms with Gasteiger partial charge in [-0.2, -0.15) is 0 Å². The molecule has 6 rings (SSSR count). The lowest BCUT2D eigenvalue weighted by molar-refractivity contribution is -0.143. The highest BCUT2D eigenvalue weighted by atomic mass is 19.2. The molecule has 232 valence electrons. The molecule has 2 heterocycles. The number of rotatable bonds is 4. The van der Waals surface area contributed by atoms with Gasteiger partial charge >= 0.3 is 0 Å². The van der Waals surface area contributed by atoms with E-state index in [9.17, 15) is 14.7 Å². The number of carbonyl (C=O) groups is 2. The molecular weight excluding hydrogens is 552 g/mol.